The van der Waals surface area contributed by atoms with Crippen LogP contribution in [0.25, 0.3) is 0 Å². The van der Waals surface area contributed by atoms with Crippen molar-refractivity contribution in [3.8, 4) is 0 Å². The van der Waals surface area contributed by atoms with Gasteiger partial charge in [-0.3, -0.25) is 0 Å². The SMILES string of the molecule is CCCCC(C(=O)OCC(C)C)=C(CCC)C(=O)OCC(C)C. The average molecular weight is 326 g/mol. The summed E-state index contributed by atoms with van der Waals surface area (Å²) in [5.41, 5.74) is 0.999. The van der Waals surface area contributed by atoms with E-state index in [1.54, 1.807) is 0 Å². The fourth-order valence-electron chi connectivity index (χ4n) is 2.01. The van der Waals surface area contributed by atoms with Gasteiger partial charge in [-0.15, -0.1) is 0 Å². The van der Waals surface area contributed by atoms with Gasteiger partial charge in [0.05, 0.1) is 13.2 Å². The van der Waals surface area contributed by atoms with Gasteiger partial charge >= 0.3 is 11.9 Å². The molecule has 0 fully saturated rings. The van der Waals surface area contributed by atoms with E-state index in [2.05, 4.69) is 6.92 Å². The highest BCUT2D eigenvalue weighted by Gasteiger charge is 2.23. The maximum absolute atomic E-state index is 12.4. The van der Waals surface area contributed by atoms with Crippen molar-refractivity contribution in [1.29, 1.82) is 0 Å². The van der Waals surface area contributed by atoms with Crippen LogP contribution in [0.3, 0.4) is 0 Å². The Balaban J connectivity index is 5.32. The van der Waals surface area contributed by atoms with E-state index >= 15 is 0 Å². The number of unbranched alkanes of at least 4 members (excludes halogenated alkanes) is 1. The van der Waals surface area contributed by atoms with E-state index in [0.29, 0.717) is 37.2 Å². The number of esters is 2. The molecule has 0 saturated carbocycles. The molecule has 0 heterocycles. The van der Waals surface area contributed by atoms with Crippen molar-refractivity contribution < 1.29 is 19.1 Å². The molecule has 0 atom stereocenters. The first-order valence-electron chi connectivity index (χ1n) is 8.89. The van der Waals surface area contributed by atoms with E-state index in [-0.39, 0.29) is 23.8 Å². The highest BCUT2D eigenvalue weighted by molar-refractivity contribution is 6.00. The van der Waals surface area contributed by atoms with Crippen molar-refractivity contribution in [1.82, 2.24) is 0 Å². The van der Waals surface area contributed by atoms with Crippen molar-refractivity contribution >= 4 is 11.9 Å². The summed E-state index contributed by atoms with van der Waals surface area (Å²) in [6, 6.07) is 0. The summed E-state index contributed by atoms with van der Waals surface area (Å²) in [6.07, 6.45) is 3.73. The third-order valence-corrected chi connectivity index (χ3v) is 3.23. The topological polar surface area (TPSA) is 52.6 Å². The van der Waals surface area contributed by atoms with Crippen LogP contribution >= 0.6 is 0 Å². The van der Waals surface area contributed by atoms with Crippen molar-refractivity contribution in [2.75, 3.05) is 13.2 Å². The molecule has 0 aromatic carbocycles. The predicted octanol–water partition coefficient (Wildman–Crippen LogP) is 4.67. The van der Waals surface area contributed by atoms with Crippen LogP contribution in [0.5, 0.6) is 0 Å². The van der Waals surface area contributed by atoms with Crippen LogP contribution in [0, 0.1) is 11.8 Å². The third-order valence-electron chi connectivity index (χ3n) is 3.23. The number of hydrogen-bond donors (Lipinski definition) is 0. The minimum absolute atomic E-state index is 0.272. The van der Waals surface area contributed by atoms with E-state index in [4.69, 9.17) is 9.47 Å². The minimum atomic E-state index is -0.367. The summed E-state index contributed by atoms with van der Waals surface area (Å²) in [7, 11) is 0. The molecule has 0 aliphatic carbocycles. The van der Waals surface area contributed by atoms with Crippen molar-refractivity contribution in [3.05, 3.63) is 11.1 Å². The Kier molecular flexibility index (Phi) is 11.4. The van der Waals surface area contributed by atoms with Crippen molar-refractivity contribution in [2.24, 2.45) is 11.8 Å². The molecule has 4 nitrogen and oxygen atoms in total. The average Bonchev–Trinajstić information content (AvgIpc) is 2.49. The van der Waals surface area contributed by atoms with Gasteiger partial charge in [-0.1, -0.05) is 54.4 Å². The van der Waals surface area contributed by atoms with Gasteiger partial charge in [-0.2, -0.15) is 0 Å². The lowest BCUT2D eigenvalue weighted by atomic mass is 9.98. The Hall–Kier alpha value is -1.32. The molecule has 0 aliphatic heterocycles. The molecule has 23 heavy (non-hydrogen) atoms. The van der Waals surface area contributed by atoms with E-state index in [9.17, 15) is 9.59 Å². The quantitative estimate of drug-likeness (QED) is 0.409. The summed E-state index contributed by atoms with van der Waals surface area (Å²) in [5, 5.41) is 0. The van der Waals surface area contributed by atoms with Crippen molar-refractivity contribution in [2.45, 2.75) is 73.6 Å². The number of carbonyl (C=O) groups is 2. The van der Waals surface area contributed by atoms with Crippen molar-refractivity contribution in [3.63, 3.8) is 0 Å². The normalized spacial score (nSPS) is 12.3. The molecule has 0 unspecified atom stereocenters. The molecule has 0 N–H and O–H groups in total. The predicted molar refractivity (Wildman–Crippen MR) is 93.1 cm³/mol. The lowest BCUT2D eigenvalue weighted by Crippen LogP contribution is -2.19. The first kappa shape index (κ1) is 21.7. The highest BCUT2D eigenvalue weighted by atomic mass is 16.5. The first-order valence-corrected chi connectivity index (χ1v) is 8.89. The van der Waals surface area contributed by atoms with Crippen LogP contribution in [0.4, 0.5) is 0 Å². The van der Waals surface area contributed by atoms with E-state index in [1.165, 1.54) is 0 Å². The number of ether oxygens (including phenoxy) is 2. The Bertz CT molecular complexity index is 394. The van der Waals surface area contributed by atoms with Gasteiger partial charge < -0.3 is 9.47 Å². The largest absolute Gasteiger partial charge is 0.462 e. The standard InChI is InChI=1S/C19H34O4/c1-7-9-11-17(19(21)23-13-15(5)6)16(10-8-2)18(20)22-12-14(3)4/h14-15H,7-13H2,1-6H3. The van der Waals surface area contributed by atoms with Crippen LogP contribution in [0.15, 0.2) is 11.1 Å². The minimum Gasteiger partial charge on any atom is -0.462 e. The molecular weight excluding hydrogens is 292 g/mol. The fourth-order valence-corrected chi connectivity index (χ4v) is 2.01. The maximum atomic E-state index is 12.4. The van der Waals surface area contributed by atoms with Gasteiger partial charge in [0.25, 0.3) is 0 Å². The Morgan fingerprint density at radius 3 is 1.52 bits per heavy atom. The zero-order valence-corrected chi connectivity index (χ0v) is 15.7. The van der Waals surface area contributed by atoms with Gasteiger partial charge in [-0.05, 0) is 31.1 Å². The highest BCUT2D eigenvalue weighted by Crippen LogP contribution is 2.21. The molecule has 0 rings (SSSR count). The smallest absolute Gasteiger partial charge is 0.334 e. The molecule has 0 amide bonds. The van der Waals surface area contributed by atoms with Gasteiger partial charge in [0.1, 0.15) is 0 Å². The zero-order valence-electron chi connectivity index (χ0n) is 15.7. The molecule has 0 aliphatic rings. The van der Waals surface area contributed by atoms with E-state index < -0.39 is 0 Å². The van der Waals surface area contributed by atoms with Crippen LogP contribution in [-0.2, 0) is 19.1 Å². The second-order valence-electron chi connectivity index (χ2n) is 6.80. The van der Waals surface area contributed by atoms with Crippen LogP contribution in [0.1, 0.15) is 73.6 Å². The number of rotatable bonds is 11. The molecular formula is C19H34O4. The molecule has 0 bridgehead atoms. The number of hydrogen-bond acceptors (Lipinski definition) is 4. The second-order valence-corrected chi connectivity index (χ2v) is 6.80. The lowest BCUT2D eigenvalue weighted by molar-refractivity contribution is -0.143. The molecule has 0 saturated heterocycles. The molecule has 0 aromatic rings. The second kappa shape index (κ2) is 12.1. The fraction of sp³-hybridized carbons (Fsp3) is 0.789. The van der Waals surface area contributed by atoms with Gasteiger partial charge in [0, 0.05) is 11.1 Å². The molecule has 134 valence electrons. The monoisotopic (exact) mass is 326 g/mol. The summed E-state index contributed by atoms with van der Waals surface area (Å²) in [5.74, 6) is -0.187. The maximum Gasteiger partial charge on any atom is 0.334 e. The van der Waals surface area contributed by atoms with E-state index in [1.807, 2.05) is 34.6 Å². The van der Waals surface area contributed by atoms with E-state index in [0.717, 1.165) is 19.3 Å². The third kappa shape index (κ3) is 9.42. The van der Waals surface area contributed by atoms with Crippen LogP contribution in [0.2, 0.25) is 0 Å². The Morgan fingerprint density at radius 1 is 0.739 bits per heavy atom. The summed E-state index contributed by atoms with van der Waals surface area (Å²) < 4.78 is 10.7. The summed E-state index contributed by atoms with van der Waals surface area (Å²) in [6.45, 7) is 12.8. The molecule has 0 radical (unpaired) electrons. The van der Waals surface area contributed by atoms with Crippen LogP contribution < -0.4 is 0 Å². The first-order chi connectivity index (χ1) is 10.8. The Labute approximate surface area is 141 Å². The van der Waals surface area contributed by atoms with Gasteiger partial charge in [-0.25, -0.2) is 9.59 Å². The lowest BCUT2D eigenvalue weighted by Gasteiger charge is -2.15. The molecule has 4 heteroatoms. The molecule has 0 aromatic heterocycles. The summed E-state index contributed by atoms with van der Waals surface area (Å²) >= 11 is 0. The summed E-state index contributed by atoms with van der Waals surface area (Å²) in [4.78, 5) is 24.8. The molecule has 0 spiro atoms. The van der Waals surface area contributed by atoms with Gasteiger partial charge in [0.2, 0.25) is 0 Å². The van der Waals surface area contributed by atoms with Crippen LogP contribution in [-0.4, -0.2) is 25.2 Å². The Morgan fingerprint density at radius 2 is 1.17 bits per heavy atom. The van der Waals surface area contributed by atoms with Gasteiger partial charge in [0.15, 0.2) is 0 Å². The number of carbonyl (C=O) groups excluding carboxylic acids is 2. The zero-order chi connectivity index (χ0) is 17.8.